The van der Waals surface area contributed by atoms with Crippen LogP contribution in [-0.4, -0.2) is 20.4 Å². The average molecular weight is 333 g/mol. The normalized spacial score (nSPS) is 11.7. The van der Waals surface area contributed by atoms with Crippen molar-refractivity contribution < 1.29 is 9.50 Å². The lowest BCUT2D eigenvalue weighted by molar-refractivity contribution is 0.394. The second-order valence-electron chi connectivity index (χ2n) is 5.35. The van der Waals surface area contributed by atoms with E-state index in [1.54, 1.807) is 6.92 Å². The lowest BCUT2D eigenvalue weighted by Crippen LogP contribution is -2.34. The van der Waals surface area contributed by atoms with Crippen molar-refractivity contribution in [3.63, 3.8) is 0 Å². The van der Waals surface area contributed by atoms with Crippen molar-refractivity contribution in [2.24, 2.45) is 4.99 Å². The van der Waals surface area contributed by atoms with Crippen LogP contribution in [0.1, 0.15) is 38.7 Å². The van der Waals surface area contributed by atoms with E-state index >= 15 is 0 Å². The number of nitrogens with one attached hydrogen (secondary N) is 1. The average Bonchev–Trinajstić information content (AvgIpc) is 2.55. The van der Waals surface area contributed by atoms with E-state index in [-0.39, 0.29) is 17.3 Å². The smallest absolute Gasteiger partial charge is 0.331 e. The fraction of sp³-hybridized carbons (Fsp3) is 0.353. The number of hydrogen-bond acceptors (Lipinski definition) is 4. The Hall–Kier alpha value is -2.70. The lowest BCUT2D eigenvalue weighted by atomic mass is 10.1. The molecule has 0 radical (unpaired) electrons. The van der Waals surface area contributed by atoms with Crippen LogP contribution >= 0.6 is 0 Å². The molecule has 2 rings (SSSR count). The molecule has 2 aromatic rings. The van der Waals surface area contributed by atoms with Crippen molar-refractivity contribution in [1.82, 2.24) is 9.55 Å². The Bertz CT molecular complexity index is 851. The molecule has 128 valence electrons. The number of nitrogens with zero attached hydrogens (tertiary/aromatic N) is 2. The van der Waals surface area contributed by atoms with E-state index in [4.69, 9.17) is 0 Å². The third-order valence-electron chi connectivity index (χ3n) is 3.62. The van der Waals surface area contributed by atoms with E-state index in [0.717, 1.165) is 11.0 Å². The molecule has 0 spiro atoms. The molecule has 0 bridgehead atoms. The van der Waals surface area contributed by atoms with Crippen LogP contribution < -0.4 is 11.2 Å². The molecule has 0 saturated carbocycles. The topological polar surface area (TPSA) is 87.4 Å². The summed E-state index contributed by atoms with van der Waals surface area (Å²) in [5.74, 6) is -0.777. The number of aromatic nitrogens is 2. The van der Waals surface area contributed by atoms with Gasteiger partial charge in [0.1, 0.15) is 11.4 Å². The zero-order valence-corrected chi connectivity index (χ0v) is 13.7. The minimum atomic E-state index is -0.687. The minimum absolute atomic E-state index is 0.0301. The van der Waals surface area contributed by atoms with Crippen LogP contribution in [-0.2, 0) is 6.54 Å². The summed E-state index contributed by atoms with van der Waals surface area (Å²) < 4.78 is 14.1. The first-order valence-electron chi connectivity index (χ1n) is 7.87. The third-order valence-corrected chi connectivity index (χ3v) is 3.62. The van der Waals surface area contributed by atoms with Gasteiger partial charge in [0.15, 0.2) is 0 Å². The SMILES string of the molecule is CCCCn1c(O)c(C(CC)=Nc2ccc(F)cc2)c(=O)[nH]c1=O. The van der Waals surface area contributed by atoms with E-state index < -0.39 is 11.2 Å². The fourth-order valence-corrected chi connectivity index (χ4v) is 2.33. The summed E-state index contributed by atoms with van der Waals surface area (Å²) in [5, 5.41) is 10.4. The monoisotopic (exact) mass is 333 g/mol. The van der Waals surface area contributed by atoms with Gasteiger partial charge in [0, 0.05) is 6.54 Å². The molecule has 0 unspecified atom stereocenters. The molecular weight excluding hydrogens is 313 g/mol. The molecule has 0 atom stereocenters. The van der Waals surface area contributed by atoms with Crippen molar-refractivity contribution in [2.75, 3.05) is 0 Å². The quantitative estimate of drug-likeness (QED) is 0.797. The highest BCUT2D eigenvalue weighted by molar-refractivity contribution is 6.03. The molecule has 0 aliphatic rings. The van der Waals surface area contributed by atoms with Gasteiger partial charge in [-0.05, 0) is 37.1 Å². The zero-order valence-electron chi connectivity index (χ0n) is 13.7. The van der Waals surface area contributed by atoms with Crippen LogP contribution in [0.25, 0.3) is 0 Å². The number of halogens is 1. The van der Waals surface area contributed by atoms with Crippen molar-refractivity contribution in [3.8, 4) is 5.88 Å². The first kappa shape index (κ1) is 17.7. The van der Waals surface area contributed by atoms with Gasteiger partial charge in [-0.15, -0.1) is 0 Å². The second-order valence-corrected chi connectivity index (χ2v) is 5.35. The van der Waals surface area contributed by atoms with Gasteiger partial charge >= 0.3 is 5.69 Å². The predicted octanol–water partition coefficient (Wildman–Crippen LogP) is 2.71. The van der Waals surface area contributed by atoms with Crippen molar-refractivity contribution in [1.29, 1.82) is 0 Å². The lowest BCUT2D eigenvalue weighted by Gasteiger charge is -2.12. The number of H-pyrrole nitrogens is 1. The summed E-state index contributed by atoms with van der Waals surface area (Å²) in [4.78, 5) is 30.6. The summed E-state index contributed by atoms with van der Waals surface area (Å²) in [6.45, 7) is 4.04. The number of hydrogen-bond donors (Lipinski definition) is 2. The molecule has 0 amide bonds. The van der Waals surface area contributed by atoms with Gasteiger partial charge in [0.25, 0.3) is 5.56 Å². The molecule has 6 nitrogen and oxygen atoms in total. The second kappa shape index (κ2) is 7.72. The van der Waals surface area contributed by atoms with Crippen molar-refractivity contribution in [2.45, 2.75) is 39.7 Å². The molecule has 2 N–H and O–H groups in total. The summed E-state index contributed by atoms with van der Waals surface area (Å²) in [5.41, 5.74) is -0.582. The molecule has 1 heterocycles. The predicted molar refractivity (Wildman–Crippen MR) is 90.8 cm³/mol. The maximum atomic E-state index is 13.0. The largest absolute Gasteiger partial charge is 0.494 e. The third kappa shape index (κ3) is 3.79. The van der Waals surface area contributed by atoms with Crippen molar-refractivity contribution >= 4 is 11.4 Å². The van der Waals surface area contributed by atoms with E-state index in [1.165, 1.54) is 24.3 Å². The maximum absolute atomic E-state index is 13.0. The maximum Gasteiger partial charge on any atom is 0.331 e. The molecular formula is C17H20FN3O3. The van der Waals surface area contributed by atoms with Gasteiger partial charge < -0.3 is 5.11 Å². The number of aromatic amines is 1. The van der Waals surface area contributed by atoms with Crippen LogP contribution in [0.4, 0.5) is 10.1 Å². The molecule has 1 aromatic carbocycles. The van der Waals surface area contributed by atoms with E-state index in [1.807, 2.05) is 6.92 Å². The van der Waals surface area contributed by atoms with E-state index in [0.29, 0.717) is 30.8 Å². The Morgan fingerprint density at radius 1 is 1.25 bits per heavy atom. The van der Waals surface area contributed by atoms with Gasteiger partial charge in [0.2, 0.25) is 5.88 Å². The van der Waals surface area contributed by atoms with Crippen LogP contribution in [0.5, 0.6) is 5.88 Å². The summed E-state index contributed by atoms with van der Waals surface area (Å²) in [6.07, 6.45) is 1.89. The van der Waals surface area contributed by atoms with Gasteiger partial charge in [-0.2, -0.15) is 0 Å². The highest BCUT2D eigenvalue weighted by Crippen LogP contribution is 2.19. The van der Waals surface area contributed by atoms with Gasteiger partial charge in [-0.3, -0.25) is 19.3 Å². The Morgan fingerprint density at radius 2 is 1.92 bits per heavy atom. The fourth-order valence-electron chi connectivity index (χ4n) is 2.33. The Kier molecular flexibility index (Phi) is 5.68. The number of benzene rings is 1. The minimum Gasteiger partial charge on any atom is -0.494 e. The van der Waals surface area contributed by atoms with Crippen molar-refractivity contribution in [3.05, 3.63) is 56.5 Å². The van der Waals surface area contributed by atoms with Crippen LogP contribution in [0.3, 0.4) is 0 Å². The van der Waals surface area contributed by atoms with Crippen LogP contribution in [0.2, 0.25) is 0 Å². The molecule has 0 aliphatic carbocycles. The standard InChI is InChI=1S/C17H20FN3O3/c1-3-5-10-21-16(23)14(15(22)20-17(21)24)13(4-2)19-12-8-6-11(18)7-9-12/h6-9,23H,3-5,10H2,1-2H3,(H,20,22,24). The Balaban J connectivity index is 2.57. The number of aliphatic imine (C=N–C) groups is 1. The number of rotatable bonds is 6. The first-order valence-corrected chi connectivity index (χ1v) is 7.87. The Morgan fingerprint density at radius 3 is 2.50 bits per heavy atom. The number of aromatic hydroxyl groups is 1. The molecule has 0 saturated heterocycles. The summed E-state index contributed by atoms with van der Waals surface area (Å²) in [7, 11) is 0. The van der Waals surface area contributed by atoms with E-state index in [9.17, 15) is 19.1 Å². The van der Waals surface area contributed by atoms with Crippen LogP contribution in [0, 0.1) is 5.82 Å². The highest BCUT2D eigenvalue weighted by atomic mass is 19.1. The van der Waals surface area contributed by atoms with Gasteiger partial charge in [-0.1, -0.05) is 20.3 Å². The number of unbranched alkanes of at least 4 members (excludes halogenated alkanes) is 1. The summed E-state index contributed by atoms with van der Waals surface area (Å²) >= 11 is 0. The van der Waals surface area contributed by atoms with Gasteiger partial charge in [0.05, 0.1) is 11.4 Å². The highest BCUT2D eigenvalue weighted by Gasteiger charge is 2.18. The molecule has 24 heavy (non-hydrogen) atoms. The molecule has 7 heteroatoms. The molecule has 1 aromatic heterocycles. The summed E-state index contributed by atoms with van der Waals surface area (Å²) in [6, 6.07) is 5.48. The van der Waals surface area contributed by atoms with E-state index in [2.05, 4.69) is 9.98 Å². The Labute approximate surface area is 138 Å². The zero-order chi connectivity index (χ0) is 17.7. The molecule has 0 fully saturated rings. The first-order chi connectivity index (χ1) is 11.5. The molecule has 0 aliphatic heterocycles. The van der Waals surface area contributed by atoms with Gasteiger partial charge in [-0.25, -0.2) is 9.18 Å². The van der Waals surface area contributed by atoms with Crippen LogP contribution in [0.15, 0.2) is 38.8 Å².